The van der Waals surface area contributed by atoms with Gasteiger partial charge in [-0.2, -0.15) is 0 Å². The number of nitrogens with one attached hydrogen (secondary N) is 2. The summed E-state index contributed by atoms with van der Waals surface area (Å²) in [7, 11) is 0. The second-order valence-corrected chi connectivity index (χ2v) is 8.38. The zero-order chi connectivity index (χ0) is 19.3. The molecule has 0 bridgehead atoms. The predicted octanol–water partition coefficient (Wildman–Crippen LogP) is 1.99. The molecule has 28 heavy (non-hydrogen) atoms. The maximum atomic E-state index is 12.4. The highest BCUT2D eigenvalue weighted by molar-refractivity contribution is 7.15. The van der Waals surface area contributed by atoms with Crippen molar-refractivity contribution >= 4 is 28.3 Å². The fourth-order valence-corrected chi connectivity index (χ4v) is 4.78. The van der Waals surface area contributed by atoms with Crippen molar-refractivity contribution in [3.8, 4) is 0 Å². The van der Waals surface area contributed by atoms with Crippen molar-refractivity contribution in [3.05, 3.63) is 34.9 Å². The summed E-state index contributed by atoms with van der Waals surface area (Å²) >= 11 is 1.46. The Hall–Kier alpha value is -2.39. The van der Waals surface area contributed by atoms with Gasteiger partial charge in [0, 0.05) is 42.8 Å². The Bertz CT molecular complexity index is 834. The van der Waals surface area contributed by atoms with E-state index in [1.165, 1.54) is 49.2 Å². The summed E-state index contributed by atoms with van der Waals surface area (Å²) in [5.74, 6) is -0.209. The van der Waals surface area contributed by atoms with Crippen molar-refractivity contribution in [1.82, 2.24) is 25.2 Å². The number of thiazole rings is 1. The van der Waals surface area contributed by atoms with Crippen molar-refractivity contribution in [2.45, 2.75) is 51.1 Å². The first-order valence-corrected chi connectivity index (χ1v) is 10.6. The van der Waals surface area contributed by atoms with Gasteiger partial charge in [0.15, 0.2) is 5.13 Å². The maximum Gasteiger partial charge on any atom is 0.277 e. The van der Waals surface area contributed by atoms with E-state index in [0.717, 1.165) is 36.4 Å². The summed E-state index contributed by atoms with van der Waals surface area (Å²) in [6, 6.07) is 0.341. The predicted molar refractivity (Wildman–Crippen MR) is 106 cm³/mol. The lowest BCUT2D eigenvalue weighted by Crippen LogP contribution is -2.44. The summed E-state index contributed by atoms with van der Waals surface area (Å²) in [6.45, 7) is 1.90. The molecule has 1 aliphatic heterocycles. The van der Waals surface area contributed by atoms with Crippen LogP contribution in [0.25, 0.3) is 0 Å². The summed E-state index contributed by atoms with van der Waals surface area (Å²) < 4.78 is 0. The van der Waals surface area contributed by atoms with Gasteiger partial charge in [0.2, 0.25) is 5.91 Å². The quantitative estimate of drug-likeness (QED) is 0.796. The van der Waals surface area contributed by atoms with Crippen LogP contribution in [0, 0.1) is 0 Å². The molecule has 2 amide bonds. The Kier molecular flexibility index (Phi) is 5.92. The molecule has 0 aromatic carbocycles. The Morgan fingerprint density at radius 2 is 2.07 bits per heavy atom. The van der Waals surface area contributed by atoms with E-state index in [1.54, 1.807) is 0 Å². The lowest BCUT2D eigenvalue weighted by molar-refractivity contribution is -0.123. The van der Waals surface area contributed by atoms with Crippen LogP contribution in [0.15, 0.2) is 18.6 Å². The van der Waals surface area contributed by atoms with Crippen molar-refractivity contribution in [1.29, 1.82) is 0 Å². The van der Waals surface area contributed by atoms with Crippen LogP contribution >= 0.6 is 11.3 Å². The van der Waals surface area contributed by atoms with Gasteiger partial charge < -0.3 is 5.32 Å². The minimum atomic E-state index is -0.317. The average molecular weight is 401 g/mol. The third kappa shape index (κ3) is 4.71. The zero-order valence-corrected chi connectivity index (χ0v) is 16.5. The van der Waals surface area contributed by atoms with Gasteiger partial charge in [-0.15, -0.1) is 11.3 Å². The van der Waals surface area contributed by atoms with Crippen LogP contribution in [0.3, 0.4) is 0 Å². The summed E-state index contributed by atoms with van der Waals surface area (Å²) in [4.78, 5) is 40.3. The maximum absolute atomic E-state index is 12.4. The van der Waals surface area contributed by atoms with E-state index in [-0.39, 0.29) is 17.5 Å². The van der Waals surface area contributed by atoms with Gasteiger partial charge in [0.1, 0.15) is 5.69 Å². The van der Waals surface area contributed by atoms with Gasteiger partial charge in [0.05, 0.1) is 18.4 Å². The van der Waals surface area contributed by atoms with Crippen molar-refractivity contribution in [2.75, 3.05) is 18.4 Å². The Morgan fingerprint density at radius 1 is 1.21 bits per heavy atom. The SMILES string of the molecule is O=C(CN1CCc2nc(NC(=O)c3cnccn3)sc2C1)NC1CCCCC1. The van der Waals surface area contributed by atoms with E-state index in [2.05, 4.69) is 30.5 Å². The third-order valence-electron chi connectivity index (χ3n) is 5.16. The van der Waals surface area contributed by atoms with Crippen LogP contribution in [0.4, 0.5) is 5.13 Å². The number of aromatic nitrogens is 3. The van der Waals surface area contributed by atoms with Gasteiger partial charge >= 0.3 is 0 Å². The van der Waals surface area contributed by atoms with E-state index < -0.39 is 0 Å². The van der Waals surface area contributed by atoms with Crippen LogP contribution in [0.2, 0.25) is 0 Å². The molecular weight excluding hydrogens is 376 g/mol. The lowest BCUT2D eigenvalue weighted by atomic mass is 9.95. The summed E-state index contributed by atoms with van der Waals surface area (Å²) in [6.07, 6.45) is 11.1. The van der Waals surface area contributed by atoms with Gasteiger partial charge in [-0.1, -0.05) is 19.3 Å². The fraction of sp³-hybridized carbons (Fsp3) is 0.526. The van der Waals surface area contributed by atoms with Gasteiger partial charge in [-0.25, -0.2) is 9.97 Å². The number of fused-ring (bicyclic) bond motifs is 1. The molecule has 0 unspecified atom stereocenters. The van der Waals surface area contributed by atoms with Gasteiger partial charge in [0.25, 0.3) is 5.91 Å². The summed E-state index contributed by atoms with van der Waals surface area (Å²) in [5.41, 5.74) is 1.26. The van der Waals surface area contributed by atoms with Crippen molar-refractivity contribution in [2.24, 2.45) is 0 Å². The van der Waals surface area contributed by atoms with Crippen LogP contribution in [0.5, 0.6) is 0 Å². The highest BCUT2D eigenvalue weighted by Crippen LogP contribution is 2.28. The van der Waals surface area contributed by atoms with Crippen molar-refractivity contribution in [3.63, 3.8) is 0 Å². The van der Waals surface area contributed by atoms with E-state index in [9.17, 15) is 9.59 Å². The van der Waals surface area contributed by atoms with Gasteiger partial charge in [-0.3, -0.25) is 24.8 Å². The standard InChI is InChI=1S/C19H24N6O2S/c26-17(22-13-4-2-1-3-5-13)12-25-9-6-14-16(11-25)28-19(23-14)24-18(27)15-10-20-7-8-21-15/h7-8,10,13H,1-6,9,11-12H2,(H,22,26)(H,23,24,27). The molecule has 148 valence electrons. The van der Waals surface area contributed by atoms with Gasteiger partial charge in [-0.05, 0) is 12.8 Å². The molecule has 1 fully saturated rings. The second-order valence-electron chi connectivity index (χ2n) is 7.30. The topological polar surface area (TPSA) is 100 Å². The van der Waals surface area contributed by atoms with E-state index >= 15 is 0 Å². The number of amides is 2. The number of anilines is 1. The second kappa shape index (κ2) is 8.74. The number of carbonyl (C=O) groups excluding carboxylic acids is 2. The highest BCUT2D eigenvalue weighted by atomic mass is 32.1. The molecule has 4 rings (SSSR count). The Balaban J connectivity index is 1.31. The molecule has 2 aromatic heterocycles. The normalized spacial score (nSPS) is 17.7. The molecule has 2 aliphatic rings. The smallest absolute Gasteiger partial charge is 0.277 e. The Labute approximate surface area is 167 Å². The monoisotopic (exact) mass is 400 g/mol. The molecule has 0 spiro atoms. The minimum absolute atomic E-state index is 0.107. The van der Waals surface area contributed by atoms with Crippen LogP contribution < -0.4 is 10.6 Å². The average Bonchev–Trinajstić information content (AvgIpc) is 3.10. The molecule has 9 heteroatoms. The molecule has 2 aromatic rings. The summed E-state index contributed by atoms with van der Waals surface area (Å²) in [5, 5.41) is 6.53. The third-order valence-corrected chi connectivity index (χ3v) is 6.16. The molecule has 1 saturated carbocycles. The van der Waals surface area contributed by atoms with Crippen LogP contribution in [-0.4, -0.2) is 50.8 Å². The minimum Gasteiger partial charge on any atom is -0.352 e. The first kappa shape index (κ1) is 18.9. The van der Waals surface area contributed by atoms with Crippen molar-refractivity contribution < 1.29 is 9.59 Å². The largest absolute Gasteiger partial charge is 0.352 e. The van der Waals surface area contributed by atoms with E-state index in [4.69, 9.17) is 0 Å². The first-order chi connectivity index (χ1) is 13.7. The lowest BCUT2D eigenvalue weighted by Gasteiger charge is -2.27. The number of hydrogen-bond donors (Lipinski definition) is 2. The molecule has 0 radical (unpaired) electrons. The number of hydrogen-bond acceptors (Lipinski definition) is 7. The molecule has 3 heterocycles. The highest BCUT2D eigenvalue weighted by Gasteiger charge is 2.24. The Morgan fingerprint density at radius 3 is 2.86 bits per heavy atom. The molecule has 8 nitrogen and oxygen atoms in total. The number of rotatable bonds is 5. The zero-order valence-electron chi connectivity index (χ0n) is 15.7. The number of nitrogens with zero attached hydrogens (tertiary/aromatic N) is 4. The van der Waals surface area contributed by atoms with E-state index in [0.29, 0.717) is 24.3 Å². The van der Waals surface area contributed by atoms with Crippen LogP contribution in [0.1, 0.15) is 53.2 Å². The fourth-order valence-electron chi connectivity index (χ4n) is 3.74. The molecule has 2 N–H and O–H groups in total. The first-order valence-electron chi connectivity index (χ1n) is 9.75. The van der Waals surface area contributed by atoms with E-state index in [1.807, 2.05) is 0 Å². The molecule has 0 atom stereocenters. The molecule has 0 saturated heterocycles. The molecular formula is C19H24N6O2S. The molecule has 1 aliphatic carbocycles. The number of carbonyl (C=O) groups is 2. The van der Waals surface area contributed by atoms with Crippen LogP contribution in [-0.2, 0) is 17.8 Å².